The van der Waals surface area contributed by atoms with Crippen LogP contribution >= 0.6 is 11.3 Å². The third-order valence-electron chi connectivity index (χ3n) is 5.33. The zero-order chi connectivity index (χ0) is 23.0. The molecule has 0 radical (unpaired) electrons. The lowest BCUT2D eigenvalue weighted by Crippen LogP contribution is -2.42. The van der Waals surface area contributed by atoms with Gasteiger partial charge in [-0.3, -0.25) is 10.0 Å². The number of carboxylic acids is 1. The molecule has 1 aliphatic heterocycles. The molecule has 0 spiro atoms. The van der Waals surface area contributed by atoms with Crippen LogP contribution in [-0.4, -0.2) is 65.3 Å². The Morgan fingerprint density at radius 1 is 1.31 bits per heavy atom. The molecule has 1 saturated heterocycles. The molecule has 32 heavy (non-hydrogen) atoms. The first-order chi connectivity index (χ1) is 15.2. The maximum atomic E-state index is 12.6. The van der Waals surface area contributed by atoms with Crippen LogP contribution in [0.15, 0.2) is 12.3 Å². The number of anilines is 2. The van der Waals surface area contributed by atoms with Crippen LogP contribution in [0.2, 0.25) is 0 Å². The Morgan fingerprint density at radius 3 is 2.72 bits per heavy atom. The molecule has 2 aliphatic rings. The Hall–Kier alpha value is -2.93. The van der Waals surface area contributed by atoms with E-state index in [2.05, 4.69) is 20.0 Å². The first kappa shape index (κ1) is 22.3. The highest BCUT2D eigenvalue weighted by Gasteiger charge is 2.37. The lowest BCUT2D eigenvalue weighted by atomic mass is 10.2. The summed E-state index contributed by atoms with van der Waals surface area (Å²) in [5.41, 5.74) is 1.46. The number of aryl methyl sites for hydroxylation is 1. The number of likely N-dealkylation sites (tertiary alicyclic amines) is 1. The summed E-state index contributed by atoms with van der Waals surface area (Å²) in [6, 6.07) is 0.267. The van der Waals surface area contributed by atoms with Crippen LogP contribution in [0.4, 0.5) is 15.6 Å². The summed E-state index contributed by atoms with van der Waals surface area (Å²) >= 11 is 1.19. The number of nitrogens with one attached hydrogen (secondary N) is 2. The molecule has 1 saturated carbocycles. The van der Waals surface area contributed by atoms with Crippen LogP contribution < -0.4 is 14.8 Å². The SMILES string of the molecule is COc1ncc(-c2sc(NC(=O)N3CCC[C@H]3C(=O)O)nc2C)cc1NS(=O)(=O)C1CC1. The van der Waals surface area contributed by atoms with Crippen LogP contribution in [0.1, 0.15) is 31.4 Å². The van der Waals surface area contributed by atoms with E-state index in [0.717, 1.165) is 0 Å². The molecule has 0 aromatic carbocycles. The Balaban J connectivity index is 1.56. The first-order valence-electron chi connectivity index (χ1n) is 10.0. The van der Waals surface area contributed by atoms with Gasteiger partial charge in [-0.2, -0.15) is 0 Å². The molecule has 3 N–H and O–H groups in total. The maximum Gasteiger partial charge on any atom is 0.326 e. The van der Waals surface area contributed by atoms with Crippen LogP contribution in [0.25, 0.3) is 10.4 Å². The number of hydrogen-bond acceptors (Lipinski definition) is 8. The van der Waals surface area contributed by atoms with Crippen LogP contribution in [0, 0.1) is 6.92 Å². The monoisotopic (exact) mass is 481 g/mol. The molecule has 13 heteroatoms. The van der Waals surface area contributed by atoms with Gasteiger partial charge in [-0.25, -0.2) is 28.0 Å². The number of carboxylic acid groups (broad SMARTS) is 1. The second-order valence-electron chi connectivity index (χ2n) is 7.68. The number of amides is 2. The highest BCUT2D eigenvalue weighted by Crippen LogP contribution is 2.37. The third kappa shape index (κ3) is 4.48. The van der Waals surface area contributed by atoms with E-state index in [-0.39, 0.29) is 11.6 Å². The number of thiazole rings is 1. The minimum absolute atomic E-state index is 0.155. The molecule has 2 fully saturated rings. The van der Waals surface area contributed by atoms with Crippen molar-refractivity contribution in [1.82, 2.24) is 14.9 Å². The second kappa shape index (κ2) is 8.54. The number of carbonyl (C=O) groups is 2. The predicted molar refractivity (Wildman–Crippen MR) is 119 cm³/mol. The van der Waals surface area contributed by atoms with Gasteiger partial charge in [0.2, 0.25) is 15.9 Å². The maximum absolute atomic E-state index is 12.6. The Labute approximate surface area is 188 Å². The Bertz CT molecular complexity index is 1160. The number of urea groups is 1. The van der Waals surface area contributed by atoms with Crippen molar-refractivity contribution in [2.75, 3.05) is 23.7 Å². The van der Waals surface area contributed by atoms with E-state index in [1.807, 2.05) is 0 Å². The van der Waals surface area contributed by atoms with E-state index in [0.29, 0.717) is 53.5 Å². The fourth-order valence-electron chi connectivity index (χ4n) is 3.57. The smallest absolute Gasteiger partial charge is 0.326 e. The van der Waals surface area contributed by atoms with Crippen LogP contribution in [-0.2, 0) is 14.8 Å². The Morgan fingerprint density at radius 2 is 2.06 bits per heavy atom. The van der Waals surface area contributed by atoms with Crippen molar-refractivity contribution in [3.05, 3.63) is 18.0 Å². The normalized spacial score (nSPS) is 18.4. The van der Waals surface area contributed by atoms with E-state index in [9.17, 15) is 23.1 Å². The Kier molecular flexibility index (Phi) is 5.95. The van der Waals surface area contributed by atoms with Gasteiger partial charge in [0, 0.05) is 18.3 Å². The van der Waals surface area contributed by atoms with Gasteiger partial charge in [-0.05, 0) is 38.7 Å². The molecule has 11 nitrogen and oxygen atoms in total. The molecule has 0 unspecified atom stereocenters. The highest BCUT2D eigenvalue weighted by atomic mass is 32.2. The number of carbonyl (C=O) groups excluding carboxylic acids is 1. The zero-order valence-corrected chi connectivity index (χ0v) is 19.1. The second-order valence-corrected chi connectivity index (χ2v) is 10.6. The summed E-state index contributed by atoms with van der Waals surface area (Å²) < 4.78 is 32.5. The van der Waals surface area contributed by atoms with Crippen molar-refractivity contribution in [1.29, 1.82) is 0 Å². The van der Waals surface area contributed by atoms with Gasteiger partial charge in [-0.15, -0.1) is 0 Å². The van der Waals surface area contributed by atoms with Gasteiger partial charge in [0.05, 0.1) is 22.9 Å². The zero-order valence-electron chi connectivity index (χ0n) is 17.5. The standard InChI is InChI=1S/C19H23N5O6S2/c1-10-15(31-18(21-10)22-19(27)24-7-3-4-14(24)17(25)26)11-8-13(16(30-2)20-9-11)23-32(28,29)12-5-6-12/h8-9,12,14,23H,3-7H2,1-2H3,(H,25,26)(H,21,22,27)/t14-/m0/s1. The van der Waals surface area contributed by atoms with Gasteiger partial charge < -0.3 is 14.7 Å². The molecule has 2 aromatic rings. The molecule has 3 heterocycles. The number of rotatable bonds is 7. The van der Waals surface area contributed by atoms with Crippen molar-refractivity contribution in [3.63, 3.8) is 0 Å². The largest absolute Gasteiger partial charge is 0.480 e. The van der Waals surface area contributed by atoms with Crippen molar-refractivity contribution in [3.8, 4) is 16.3 Å². The summed E-state index contributed by atoms with van der Waals surface area (Å²) in [7, 11) is -2.10. The number of methoxy groups -OCH3 is 1. The molecule has 2 aromatic heterocycles. The third-order valence-corrected chi connectivity index (χ3v) is 8.31. The van der Waals surface area contributed by atoms with Gasteiger partial charge in [0.25, 0.3) is 0 Å². The van der Waals surface area contributed by atoms with Crippen molar-refractivity contribution >= 4 is 44.2 Å². The number of hydrogen-bond donors (Lipinski definition) is 3. The summed E-state index contributed by atoms with van der Waals surface area (Å²) in [5, 5.41) is 11.9. The van der Waals surface area contributed by atoms with E-state index >= 15 is 0 Å². The molecule has 172 valence electrons. The first-order valence-corrected chi connectivity index (χ1v) is 12.4. The number of aromatic nitrogens is 2. The molecule has 1 atom stereocenters. The summed E-state index contributed by atoms with van der Waals surface area (Å²) in [6.07, 6.45) is 3.84. The fraction of sp³-hybridized carbons (Fsp3) is 0.474. The van der Waals surface area contributed by atoms with E-state index in [1.54, 1.807) is 19.2 Å². The average molecular weight is 482 g/mol. The number of pyridine rings is 1. The van der Waals surface area contributed by atoms with Crippen molar-refractivity contribution in [2.45, 2.75) is 43.9 Å². The average Bonchev–Trinajstić information content (AvgIpc) is 3.38. The highest BCUT2D eigenvalue weighted by molar-refractivity contribution is 7.93. The predicted octanol–water partition coefficient (Wildman–Crippen LogP) is 2.51. The lowest BCUT2D eigenvalue weighted by Gasteiger charge is -2.20. The van der Waals surface area contributed by atoms with Crippen molar-refractivity contribution < 1.29 is 27.9 Å². The minimum atomic E-state index is -3.51. The molecule has 0 bridgehead atoms. The molecular weight excluding hydrogens is 458 g/mol. The molecule has 4 rings (SSSR count). The summed E-state index contributed by atoms with van der Waals surface area (Å²) in [4.78, 5) is 34.5. The fourth-order valence-corrected chi connectivity index (χ4v) is 5.89. The van der Waals surface area contributed by atoms with Crippen LogP contribution in [0.3, 0.4) is 0 Å². The number of sulfonamides is 1. The van der Waals surface area contributed by atoms with Gasteiger partial charge >= 0.3 is 12.0 Å². The summed E-state index contributed by atoms with van der Waals surface area (Å²) in [6.45, 7) is 2.13. The van der Waals surface area contributed by atoms with E-state index < -0.39 is 33.3 Å². The van der Waals surface area contributed by atoms with E-state index in [1.165, 1.54) is 23.3 Å². The molecule has 2 amide bonds. The quantitative estimate of drug-likeness (QED) is 0.546. The van der Waals surface area contributed by atoms with Crippen LogP contribution in [0.5, 0.6) is 5.88 Å². The van der Waals surface area contributed by atoms with Crippen molar-refractivity contribution in [2.24, 2.45) is 0 Å². The topological polar surface area (TPSA) is 151 Å². The van der Waals surface area contributed by atoms with Gasteiger partial charge in [0.15, 0.2) is 5.13 Å². The minimum Gasteiger partial charge on any atom is -0.480 e. The van der Waals surface area contributed by atoms with Gasteiger partial charge in [0.1, 0.15) is 11.7 Å². The molecular formula is C19H23N5O6S2. The lowest BCUT2D eigenvalue weighted by molar-refractivity contribution is -0.141. The molecule has 1 aliphatic carbocycles. The number of ether oxygens (including phenoxy) is 1. The number of nitrogens with zero attached hydrogens (tertiary/aromatic N) is 3. The van der Waals surface area contributed by atoms with Gasteiger partial charge in [-0.1, -0.05) is 11.3 Å². The van der Waals surface area contributed by atoms with E-state index in [4.69, 9.17) is 4.74 Å². The summed E-state index contributed by atoms with van der Waals surface area (Å²) in [5.74, 6) is -0.874. The number of aliphatic carboxylic acids is 1.